The molecular weight excluding hydrogens is 236 g/mol. The number of β-amino-alcohol motifs (C(OH)–C–C–N with tert-alkyl or cyclic N) is 1. The van der Waals surface area contributed by atoms with Crippen molar-refractivity contribution < 1.29 is 5.11 Å². The highest BCUT2D eigenvalue weighted by Crippen LogP contribution is 2.29. The van der Waals surface area contributed by atoms with Crippen LogP contribution < -0.4 is 0 Å². The first-order valence-corrected chi connectivity index (χ1v) is 8.29. The summed E-state index contributed by atoms with van der Waals surface area (Å²) in [6, 6.07) is 0.630. The zero-order valence-electron chi connectivity index (χ0n) is 12.9. The first-order valence-electron chi connectivity index (χ1n) is 8.29. The van der Waals surface area contributed by atoms with E-state index in [1.165, 1.54) is 45.1 Å². The predicted molar refractivity (Wildman–Crippen MR) is 80.3 cm³/mol. The SMILES string of the molecule is CCC1CN(C)CCCN1CC(O)CC1CCCC1. The Morgan fingerprint density at radius 1 is 1.16 bits per heavy atom. The molecule has 0 amide bonds. The summed E-state index contributed by atoms with van der Waals surface area (Å²) in [6.45, 7) is 6.69. The van der Waals surface area contributed by atoms with Gasteiger partial charge in [-0.1, -0.05) is 32.6 Å². The molecule has 1 N–H and O–H groups in total. The van der Waals surface area contributed by atoms with Crippen LogP contribution in [0.25, 0.3) is 0 Å². The fraction of sp³-hybridized carbons (Fsp3) is 1.00. The normalized spacial score (nSPS) is 29.5. The van der Waals surface area contributed by atoms with Gasteiger partial charge in [-0.2, -0.15) is 0 Å². The van der Waals surface area contributed by atoms with Crippen LogP contribution in [-0.4, -0.2) is 60.3 Å². The number of nitrogens with zero attached hydrogens (tertiary/aromatic N) is 2. The largest absolute Gasteiger partial charge is 0.392 e. The number of aliphatic hydroxyl groups excluding tert-OH is 1. The molecule has 0 aromatic rings. The Bertz CT molecular complexity index is 253. The van der Waals surface area contributed by atoms with Crippen molar-refractivity contribution in [1.82, 2.24) is 9.80 Å². The topological polar surface area (TPSA) is 26.7 Å². The van der Waals surface area contributed by atoms with Crippen LogP contribution in [0.1, 0.15) is 51.9 Å². The summed E-state index contributed by atoms with van der Waals surface area (Å²) < 4.78 is 0. The van der Waals surface area contributed by atoms with Gasteiger partial charge in [-0.3, -0.25) is 4.90 Å². The molecule has 0 spiro atoms. The van der Waals surface area contributed by atoms with E-state index in [1.54, 1.807) is 0 Å². The third kappa shape index (κ3) is 4.73. The van der Waals surface area contributed by atoms with E-state index < -0.39 is 0 Å². The molecule has 1 aliphatic heterocycles. The van der Waals surface area contributed by atoms with Gasteiger partial charge >= 0.3 is 0 Å². The number of aliphatic hydroxyl groups is 1. The Hall–Kier alpha value is -0.120. The highest BCUT2D eigenvalue weighted by Gasteiger charge is 2.25. The molecule has 2 fully saturated rings. The summed E-state index contributed by atoms with van der Waals surface area (Å²) in [5.41, 5.74) is 0. The molecule has 1 saturated heterocycles. The molecule has 2 aliphatic rings. The maximum atomic E-state index is 10.4. The maximum absolute atomic E-state index is 10.4. The molecule has 1 aliphatic carbocycles. The Kier molecular flexibility index (Phi) is 6.11. The highest BCUT2D eigenvalue weighted by molar-refractivity contribution is 4.81. The van der Waals surface area contributed by atoms with Gasteiger partial charge in [-0.15, -0.1) is 0 Å². The van der Waals surface area contributed by atoms with E-state index in [4.69, 9.17) is 0 Å². The third-order valence-electron chi connectivity index (χ3n) is 5.02. The Balaban J connectivity index is 1.80. The lowest BCUT2D eigenvalue weighted by Crippen LogP contribution is -2.43. The van der Waals surface area contributed by atoms with Crippen molar-refractivity contribution >= 4 is 0 Å². The van der Waals surface area contributed by atoms with Gasteiger partial charge in [-0.05, 0) is 45.3 Å². The van der Waals surface area contributed by atoms with Crippen molar-refractivity contribution in [2.45, 2.75) is 64.0 Å². The van der Waals surface area contributed by atoms with Gasteiger partial charge < -0.3 is 10.0 Å². The molecule has 112 valence electrons. The minimum absolute atomic E-state index is 0.111. The molecule has 0 radical (unpaired) electrons. The molecule has 3 heteroatoms. The summed E-state index contributed by atoms with van der Waals surface area (Å²) in [5, 5.41) is 10.4. The molecule has 1 saturated carbocycles. The number of rotatable bonds is 5. The van der Waals surface area contributed by atoms with Crippen molar-refractivity contribution in [3.63, 3.8) is 0 Å². The fourth-order valence-electron chi connectivity index (χ4n) is 3.90. The smallest absolute Gasteiger partial charge is 0.0669 e. The van der Waals surface area contributed by atoms with Gasteiger partial charge in [0.25, 0.3) is 0 Å². The average Bonchev–Trinajstić information content (AvgIpc) is 2.81. The van der Waals surface area contributed by atoms with Crippen molar-refractivity contribution in [1.29, 1.82) is 0 Å². The van der Waals surface area contributed by atoms with E-state index in [0.29, 0.717) is 6.04 Å². The molecule has 3 nitrogen and oxygen atoms in total. The highest BCUT2D eigenvalue weighted by atomic mass is 16.3. The molecule has 2 rings (SSSR count). The van der Waals surface area contributed by atoms with E-state index in [2.05, 4.69) is 23.8 Å². The molecule has 19 heavy (non-hydrogen) atoms. The second kappa shape index (κ2) is 7.61. The van der Waals surface area contributed by atoms with Gasteiger partial charge in [0.1, 0.15) is 0 Å². The standard InChI is InChI=1S/C16H32N2O/c1-3-15-12-17(2)9-6-10-18(15)13-16(19)11-14-7-4-5-8-14/h14-16,19H,3-13H2,1-2H3. The Morgan fingerprint density at radius 3 is 2.58 bits per heavy atom. The summed E-state index contributed by atoms with van der Waals surface area (Å²) in [4.78, 5) is 4.99. The Labute approximate surface area is 119 Å². The van der Waals surface area contributed by atoms with Crippen LogP contribution in [0.15, 0.2) is 0 Å². The van der Waals surface area contributed by atoms with Crippen LogP contribution in [0.2, 0.25) is 0 Å². The second-order valence-electron chi connectivity index (χ2n) is 6.71. The van der Waals surface area contributed by atoms with Crippen LogP contribution in [0.5, 0.6) is 0 Å². The number of hydrogen-bond acceptors (Lipinski definition) is 3. The van der Waals surface area contributed by atoms with E-state index in [0.717, 1.165) is 32.0 Å². The zero-order valence-corrected chi connectivity index (χ0v) is 12.9. The van der Waals surface area contributed by atoms with Gasteiger partial charge in [0, 0.05) is 19.1 Å². The van der Waals surface area contributed by atoms with E-state index in [-0.39, 0.29) is 6.10 Å². The molecule has 0 bridgehead atoms. The van der Waals surface area contributed by atoms with Crippen LogP contribution in [0, 0.1) is 5.92 Å². The van der Waals surface area contributed by atoms with E-state index >= 15 is 0 Å². The van der Waals surface area contributed by atoms with Gasteiger partial charge in [0.15, 0.2) is 0 Å². The third-order valence-corrected chi connectivity index (χ3v) is 5.02. The fourth-order valence-corrected chi connectivity index (χ4v) is 3.90. The summed E-state index contributed by atoms with van der Waals surface area (Å²) in [7, 11) is 2.22. The predicted octanol–water partition coefficient (Wildman–Crippen LogP) is 2.34. The van der Waals surface area contributed by atoms with Crippen molar-refractivity contribution in [3.8, 4) is 0 Å². The lowest BCUT2D eigenvalue weighted by Gasteiger charge is -2.32. The number of likely N-dealkylation sites (N-methyl/N-ethyl adjacent to an activating group) is 1. The molecule has 1 heterocycles. The first kappa shape index (κ1) is 15.3. The first-order chi connectivity index (χ1) is 9.19. The van der Waals surface area contributed by atoms with Crippen LogP contribution >= 0.6 is 0 Å². The zero-order chi connectivity index (χ0) is 13.7. The van der Waals surface area contributed by atoms with Crippen molar-refractivity contribution in [2.24, 2.45) is 5.92 Å². The van der Waals surface area contributed by atoms with Crippen LogP contribution in [-0.2, 0) is 0 Å². The lowest BCUT2D eigenvalue weighted by atomic mass is 9.99. The molecule has 0 aromatic heterocycles. The number of hydrogen-bond donors (Lipinski definition) is 1. The monoisotopic (exact) mass is 268 g/mol. The van der Waals surface area contributed by atoms with Crippen LogP contribution in [0.3, 0.4) is 0 Å². The lowest BCUT2D eigenvalue weighted by molar-refractivity contribution is 0.0694. The van der Waals surface area contributed by atoms with E-state index in [1.807, 2.05) is 0 Å². The maximum Gasteiger partial charge on any atom is 0.0669 e. The van der Waals surface area contributed by atoms with Crippen molar-refractivity contribution in [2.75, 3.05) is 33.2 Å². The molecular formula is C16H32N2O. The minimum Gasteiger partial charge on any atom is -0.392 e. The quantitative estimate of drug-likeness (QED) is 0.829. The van der Waals surface area contributed by atoms with Gasteiger partial charge in [-0.25, -0.2) is 0 Å². The van der Waals surface area contributed by atoms with Gasteiger partial charge in [0.05, 0.1) is 6.10 Å². The summed E-state index contributed by atoms with van der Waals surface area (Å²) in [5.74, 6) is 0.796. The van der Waals surface area contributed by atoms with E-state index in [9.17, 15) is 5.11 Å². The van der Waals surface area contributed by atoms with Crippen molar-refractivity contribution in [3.05, 3.63) is 0 Å². The molecule has 0 aromatic carbocycles. The molecule has 2 atom stereocenters. The summed E-state index contributed by atoms with van der Waals surface area (Å²) >= 11 is 0. The average molecular weight is 268 g/mol. The second-order valence-corrected chi connectivity index (χ2v) is 6.71. The molecule has 2 unspecified atom stereocenters. The summed E-state index contributed by atoms with van der Waals surface area (Å²) in [6.07, 6.45) is 8.80. The van der Waals surface area contributed by atoms with Gasteiger partial charge in [0.2, 0.25) is 0 Å². The van der Waals surface area contributed by atoms with Crippen LogP contribution in [0.4, 0.5) is 0 Å². The minimum atomic E-state index is -0.111. The Morgan fingerprint density at radius 2 is 1.89 bits per heavy atom.